The van der Waals surface area contributed by atoms with E-state index in [1.165, 1.54) is 0 Å². The molecule has 27 heavy (non-hydrogen) atoms. The molecule has 0 amide bonds. The zero-order valence-corrected chi connectivity index (χ0v) is 15.3. The maximum absolute atomic E-state index is 12.0. The summed E-state index contributed by atoms with van der Waals surface area (Å²) in [7, 11) is 0. The van der Waals surface area contributed by atoms with Gasteiger partial charge >= 0.3 is 0 Å². The summed E-state index contributed by atoms with van der Waals surface area (Å²) in [4.78, 5) is 14.9. The Balaban J connectivity index is 1.84. The van der Waals surface area contributed by atoms with Crippen LogP contribution in [-0.2, 0) is 11.8 Å². The van der Waals surface area contributed by atoms with E-state index in [-0.39, 0.29) is 11.5 Å². The van der Waals surface area contributed by atoms with E-state index in [1.54, 1.807) is 6.92 Å². The molecule has 4 heteroatoms. The molecule has 0 radical (unpaired) electrons. The van der Waals surface area contributed by atoms with Crippen LogP contribution in [0.3, 0.4) is 0 Å². The van der Waals surface area contributed by atoms with Crippen LogP contribution in [0.2, 0.25) is 0 Å². The molecule has 0 fully saturated rings. The minimum atomic E-state index is -0.713. The van der Waals surface area contributed by atoms with Gasteiger partial charge in [0.1, 0.15) is 0 Å². The van der Waals surface area contributed by atoms with Crippen LogP contribution >= 0.6 is 0 Å². The molecular weight excluding hydrogens is 334 g/mol. The van der Waals surface area contributed by atoms with Crippen molar-refractivity contribution in [2.24, 2.45) is 0 Å². The van der Waals surface area contributed by atoms with Gasteiger partial charge in [-0.3, -0.25) is 4.79 Å². The fraction of sp³-hybridized carbons (Fsp3) is 0.261. The topological polar surface area (TPSA) is 80.4 Å². The van der Waals surface area contributed by atoms with Gasteiger partial charge in [-0.1, -0.05) is 18.2 Å². The molecule has 0 unspecified atom stereocenters. The maximum atomic E-state index is 12.0. The third-order valence-corrected chi connectivity index (χ3v) is 5.91. The molecule has 1 heterocycles. The summed E-state index contributed by atoms with van der Waals surface area (Å²) < 4.78 is 0. The highest BCUT2D eigenvalue weighted by Gasteiger charge is 2.41. The highest BCUT2D eigenvalue weighted by molar-refractivity contribution is 5.80. The number of fused-ring (bicyclic) bond motifs is 2. The van der Waals surface area contributed by atoms with Crippen molar-refractivity contribution >= 4 is 10.9 Å². The number of pyridine rings is 1. The number of nitriles is 2. The summed E-state index contributed by atoms with van der Waals surface area (Å²) in [5, 5.41) is 20.2. The number of aromatic amines is 1. The van der Waals surface area contributed by atoms with Crippen molar-refractivity contribution in [3.05, 3.63) is 80.6 Å². The van der Waals surface area contributed by atoms with Gasteiger partial charge in [-0.2, -0.15) is 10.5 Å². The number of nitrogens with one attached hydrogen (secondary N) is 1. The van der Waals surface area contributed by atoms with Crippen molar-refractivity contribution in [1.29, 1.82) is 10.5 Å². The molecule has 4 rings (SSSR count). The Morgan fingerprint density at radius 3 is 2.70 bits per heavy atom. The predicted molar refractivity (Wildman–Crippen MR) is 104 cm³/mol. The smallest absolute Gasteiger partial charge is 0.251 e. The summed E-state index contributed by atoms with van der Waals surface area (Å²) in [6.45, 7) is 3.76. The maximum Gasteiger partial charge on any atom is 0.251 e. The molecule has 4 nitrogen and oxygen atoms in total. The number of rotatable bonds is 2. The second kappa shape index (κ2) is 6.11. The predicted octanol–water partition coefficient (Wildman–Crippen LogP) is 4.22. The van der Waals surface area contributed by atoms with Gasteiger partial charge < -0.3 is 4.98 Å². The number of nitrogens with zero attached hydrogens (tertiary/aromatic N) is 2. The van der Waals surface area contributed by atoms with E-state index in [0.717, 1.165) is 40.4 Å². The summed E-state index contributed by atoms with van der Waals surface area (Å²) >= 11 is 0. The van der Waals surface area contributed by atoms with Gasteiger partial charge in [-0.05, 0) is 73.0 Å². The third kappa shape index (κ3) is 2.62. The van der Waals surface area contributed by atoms with E-state index < -0.39 is 5.41 Å². The van der Waals surface area contributed by atoms with Crippen LogP contribution in [0.5, 0.6) is 0 Å². The van der Waals surface area contributed by atoms with E-state index in [0.29, 0.717) is 11.1 Å². The first-order valence-electron chi connectivity index (χ1n) is 9.04. The van der Waals surface area contributed by atoms with Gasteiger partial charge in [0.15, 0.2) is 0 Å². The molecule has 0 bridgehead atoms. The molecule has 132 valence electrons. The Bertz CT molecular complexity index is 1210. The molecule has 0 saturated heterocycles. The molecular formula is C23H19N3O. The van der Waals surface area contributed by atoms with Crippen LogP contribution in [0.25, 0.3) is 10.9 Å². The number of hydrogen-bond acceptors (Lipinski definition) is 3. The molecule has 0 spiro atoms. The molecule has 3 aromatic rings. The van der Waals surface area contributed by atoms with Gasteiger partial charge in [0.2, 0.25) is 0 Å². The lowest BCUT2D eigenvalue weighted by Crippen LogP contribution is -2.27. The first-order chi connectivity index (χ1) is 13.0. The van der Waals surface area contributed by atoms with E-state index in [4.69, 9.17) is 5.26 Å². The van der Waals surface area contributed by atoms with Crippen molar-refractivity contribution < 1.29 is 0 Å². The van der Waals surface area contributed by atoms with E-state index in [9.17, 15) is 10.1 Å². The van der Waals surface area contributed by atoms with Crippen LogP contribution in [0.15, 0.2) is 47.3 Å². The van der Waals surface area contributed by atoms with Crippen molar-refractivity contribution in [2.45, 2.75) is 38.0 Å². The van der Waals surface area contributed by atoms with Gasteiger partial charge in [0.05, 0.1) is 23.1 Å². The van der Waals surface area contributed by atoms with Crippen LogP contribution in [0.1, 0.15) is 47.1 Å². The molecule has 1 aromatic heterocycles. The molecule has 1 aliphatic carbocycles. The molecule has 0 saturated carbocycles. The minimum absolute atomic E-state index is 0.0554. The number of benzene rings is 2. The van der Waals surface area contributed by atoms with Crippen molar-refractivity contribution in [3.63, 3.8) is 0 Å². The van der Waals surface area contributed by atoms with Gasteiger partial charge in [-0.15, -0.1) is 0 Å². The highest BCUT2D eigenvalue weighted by Crippen LogP contribution is 2.47. The fourth-order valence-corrected chi connectivity index (χ4v) is 4.26. The first-order valence-corrected chi connectivity index (χ1v) is 9.04. The Morgan fingerprint density at radius 2 is 1.96 bits per heavy atom. The SMILES string of the molecule is Cc1cc2ccc([C@@](C)(C#N)[C@H]3CCc4cc(C#N)ccc43)cc2[nH]c1=O. The highest BCUT2D eigenvalue weighted by atomic mass is 16.1. The van der Waals surface area contributed by atoms with E-state index in [1.807, 2.05) is 49.4 Å². The monoisotopic (exact) mass is 353 g/mol. The zero-order valence-electron chi connectivity index (χ0n) is 15.3. The quantitative estimate of drug-likeness (QED) is 0.749. The first kappa shape index (κ1) is 17.1. The van der Waals surface area contributed by atoms with Gasteiger partial charge in [0, 0.05) is 17.0 Å². The number of aryl methyl sites for hydroxylation is 2. The Labute approximate surface area is 157 Å². The van der Waals surface area contributed by atoms with Gasteiger partial charge in [0.25, 0.3) is 5.56 Å². The average molecular weight is 353 g/mol. The Hall–Kier alpha value is -3.37. The zero-order chi connectivity index (χ0) is 19.2. The van der Waals surface area contributed by atoms with Crippen molar-refractivity contribution in [1.82, 2.24) is 4.98 Å². The van der Waals surface area contributed by atoms with Gasteiger partial charge in [-0.25, -0.2) is 0 Å². The summed E-state index contributed by atoms with van der Waals surface area (Å²) in [5.74, 6) is 0.0554. The molecule has 2 atom stereocenters. The molecule has 1 N–H and O–H groups in total. The summed E-state index contributed by atoms with van der Waals surface area (Å²) in [6.07, 6.45) is 1.74. The average Bonchev–Trinajstić information content (AvgIpc) is 3.11. The number of aromatic nitrogens is 1. The van der Waals surface area contributed by atoms with E-state index >= 15 is 0 Å². The van der Waals surface area contributed by atoms with Crippen LogP contribution in [-0.4, -0.2) is 4.98 Å². The summed E-state index contributed by atoms with van der Waals surface area (Å²) in [5.41, 5.74) is 4.48. The lowest BCUT2D eigenvalue weighted by atomic mass is 9.70. The lowest BCUT2D eigenvalue weighted by Gasteiger charge is -2.30. The molecule has 0 aliphatic heterocycles. The second-order valence-electron chi connectivity index (χ2n) is 7.51. The van der Waals surface area contributed by atoms with E-state index in [2.05, 4.69) is 17.1 Å². The fourth-order valence-electron chi connectivity index (χ4n) is 4.26. The number of H-pyrrole nitrogens is 1. The second-order valence-corrected chi connectivity index (χ2v) is 7.51. The van der Waals surface area contributed by atoms with Crippen molar-refractivity contribution in [3.8, 4) is 12.1 Å². The van der Waals surface area contributed by atoms with Crippen LogP contribution in [0.4, 0.5) is 0 Å². The normalized spacial score (nSPS) is 17.7. The standard InChI is InChI=1S/C23H19N3O/c1-14-9-17-4-6-18(11-21(17)26-22(14)27)23(2,13-25)20-8-5-16-10-15(12-24)3-7-19(16)20/h3-4,6-7,9-11,20H,5,8H2,1-2H3,(H,26,27)/t20-,23+/m0/s1. The largest absolute Gasteiger partial charge is 0.322 e. The minimum Gasteiger partial charge on any atom is -0.322 e. The third-order valence-electron chi connectivity index (χ3n) is 5.91. The Morgan fingerprint density at radius 1 is 1.15 bits per heavy atom. The Kier molecular flexibility index (Phi) is 3.86. The van der Waals surface area contributed by atoms with Crippen LogP contribution < -0.4 is 5.56 Å². The van der Waals surface area contributed by atoms with Crippen molar-refractivity contribution in [2.75, 3.05) is 0 Å². The van der Waals surface area contributed by atoms with Crippen LogP contribution in [0, 0.1) is 29.6 Å². The molecule has 2 aromatic carbocycles. The molecule has 1 aliphatic rings. The summed E-state index contributed by atoms with van der Waals surface area (Å²) in [6, 6.07) is 18.3. The lowest BCUT2D eigenvalue weighted by molar-refractivity contribution is 0.470. The number of hydrogen-bond donors (Lipinski definition) is 1.